The van der Waals surface area contributed by atoms with E-state index in [1.165, 1.54) is 0 Å². The zero-order chi connectivity index (χ0) is 14.1. The Hall–Kier alpha value is -0.340. The van der Waals surface area contributed by atoms with Crippen LogP contribution < -0.4 is 5.32 Å². The molecule has 1 atom stereocenters. The third-order valence-corrected chi connectivity index (χ3v) is 6.28. The van der Waals surface area contributed by atoms with Crippen molar-refractivity contribution in [3.63, 3.8) is 0 Å². The van der Waals surface area contributed by atoms with E-state index in [2.05, 4.69) is 5.32 Å². The zero-order valence-corrected chi connectivity index (χ0v) is 11.4. The minimum Gasteiger partial charge on any atom is -0.317 e. The van der Waals surface area contributed by atoms with Crippen molar-refractivity contribution in [2.24, 2.45) is 5.92 Å². The van der Waals surface area contributed by atoms with Gasteiger partial charge in [0.05, 0.1) is 11.2 Å². The number of alkyl halides is 3. The predicted octanol–water partition coefficient (Wildman–Crippen LogP) is 1.34. The second-order valence-corrected chi connectivity index (χ2v) is 7.45. The van der Waals surface area contributed by atoms with Crippen molar-refractivity contribution in [1.82, 2.24) is 9.62 Å². The molecule has 2 rings (SSSR count). The molecular formula is C11H19F3N2O2S. The third-order valence-electron chi connectivity index (χ3n) is 3.91. The Bertz CT molecular complexity index is 405. The minimum absolute atomic E-state index is 0.0295. The molecule has 2 aliphatic heterocycles. The Labute approximate surface area is 111 Å². The minimum atomic E-state index is -4.30. The lowest BCUT2D eigenvalue weighted by Crippen LogP contribution is -2.49. The number of nitrogens with zero attached hydrogens (tertiary/aromatic N) is 1. The van der Waals surface area contributed by atoms with Gasteiger partial charge < -0.3 is 5.32 Å². The van der Waals surface area contributed by atoms with Crippen LogP contribution in [0.5, 0.6) is 0 Å². The van der Waals surface area contributed by atoms with Crippen molar-refractivity contribution in [3.8, 4) is 0 Å². The molecule has 0 saturated carbocycles. The molecule has 2 aliphatic rings. The normalized spacial score (nSPS) is 28.5. The van der Waals surface area contributed by atoms with Crippen LogP contribution in [0, 0.1) is 5.92 Å². The highest BCUT2D eigenvalue weighted by Crippen LogP contribution is 2.35. The van der Waals surface area contributed by atoms with Gasteiger partial charge in [0, 0.05) is 13.1 Å². The highest BCUT2D eigenvalue weighted by molar-refractivity contribution is 7.89. The fourth-order valence-corrected chi connectivity index (χ4v) is 4.77. The maximum Gasteiger partial charge on any atom is 0.393 e. The Balaban J connectivity index is 2.07. The summed E-state index contributed by atoms with van der Waals surface area (Å²) in [5.41, 5.74) is 0. The summed E-state index contributed by atoms with van der Waals surface area (Å²) in [7, 11) is -3.58. The van der Waals surface area contributed by atoms with Crippen LogP contribution >= 0.6 is 0 Å². The molecule has 2 saturated heterocycles. The van der Waals surface area contributed by atoms with E-state index in [-0.39, 0.29) is 19.4 Å². The molecule has 0 bridgehead atoms. The molecule has 0 aromatic heterocycles. The number of halogens is 3. The Morgan fingerprint density at radius 3 is 2.32 bits per heavy atom. The zero-order valence-electron chi connectivity index (χ0n) is 10.6. The summed E-state index contributed by atoms with van der Waals surface area (Å²) in [4.78, 5) is 0. The Kier molecular flexibility index (Phi) is 4.42. The monoisotopic (exact) mass is 300 g/mol. The molecule has 0 aromatic carbocycles. The van der Waals surface area contributed by atoms with Crippen molar-refractivity contribution in [3.05, 3.63) is 0 Å². The molecule has 0 amide bonds. The topological polar surface area (TPSA) is 49.4 Å². The van der Waals surface area contributed by atoms with Crippen LogP contribution in [0.3, 0.4) is 0 Å². The maximum atomic E-state index is 12.7. The summed E-state index contributed by atoms with van der Waals surface area (Å²) in [5.74, 6) is -1.52. The first kappa shape index (κ1) is 15.1. The fraction of sp³-hybridized carbons (Fsp3) is 1.00. The van der Waals surface area contributed by atoms with Gasteiger partial charge in [-0.2, -0.15) is 13.2 Å². The van der Waals surface area contributed by atoms with Crippen molar-refractivity contribution in [2.45, 2.75) is 37.1 Å². The van der Waals surface area contributed by atoms with Gasteiger partial charge in [0.15, 0.2) is 0 Å². The van der Waals surface area contributed by atoms with Gasteiger partial charge in [0.1, 0.15) is 0 Å². The van der Waals surface area contributed by atoms with Gasteiger partial charge in [-0.1, -0.05) is 0 Å². The summed E-state index contributed by atoms with van der Waals surface area (Å²) < 4.78 is 63.9. The summed E-state index contributed by atoms with van der Waals surface area (Å²) >= 11 is 0. The highest BCUT2D eigenvalue weighted by atomic mass is 32.2. The van der Waals surface area contributed by atoms with Gasteiger partial charge in [0.25, 0.3) is 0 Å². The maximum absolute atomic E-state index is 12.7. The number of nitrogens with one attached hydrogen (secondary N) is 1. The number of rotatable bonds is 2. The number of hydrogen-bond acceptors (Lipinski definition) is 3. The van der Waals surface area contributed by atoms with Crippen LogP contribution in [-0.2, 0) is 10.0 Å². The molecular weight excluding hydrogens is 281 g/mol. The quantitative estimate of drug-likeness (QED) is 0.837. The standard InChI is InChI=1S/C11H19F3N2O2S/c12-11(13,14)9-2-1-7-16(8-9)19(17,18)10-3-5-15-6-4-10/h9-10,15H,1-8H2. The van der Waals surface area contributed by atoms with Crippen LogP contribution in [0.15, 0.2) is 0 Å². The van der Waals surface area contributed by atoms with E-state index in [0.717, 1.165) is 4.31 Å². The van der Waals surface area contributed by atoms with Gasteiger partial charge in [-0.15, -0.1) is 0 Å². The van der Waals surface area contributed by atoms with Crippen molar-refractivity contribution in [1.29, 1.82) is 0 Å². The van der Waals surface area contributed by atoms with E-state index >= 15 is 0 Å². The smallest absolute Gasteiger partial charge is 0.317 e. The molecule has 19 heavy (non-hydrogen) atoms. The van der Waals surface area contributed by atoms with E-state index in [0.29, 0.717) is 25.9 Å². The van der Waals surface area contributed by atoms with Crippen molar-refractivity contribution in [2.75, 3.05) is 26.2 Å². The second kappa shape index (κ2) is 5.57. The first-order valence-corrected chi connectivity index (χ1v) is 8.08. The third kappa shape index (κ3) is 3.41. The molecule has 0 aromatic rings. The fourth-order valence-electron chi connectivity index (χ4n) is 2.74. The average molecular weight is 300 g/mol. The van der Waals surface area contributed by atoms with Crippen LogP contribution in [0.25, 0.3) is 0 Å². The summed E-state index contributed by atoms with van der Waals surface area (Å²) in [6.45, 7) is 1.04. The average Bonchev–Trinajstić information content (AvgIpc) is 2.39. The molecule has 4 nitrogen and oxygen atoms in total. The number of sulfonamides is 1. The van der Waals surface area contributed by atoms with Gasteiger partial charge in [-0.05, 0) is 38.8 Å². The van der Waals surface area contributed by atoms with Crippen LogP contribution in [0.2, 0.25) is 0 Å². The number of piperidine rings is 2. The van der Waals surface area contributed by atoms with E-state index in [1.807, 2.05) is 0 Å². The molecule has 0 aliphatic carbocycles. The largest absolute Gasteiger partial charge is 0.393 e. The molecule has 0 radical (unpaired) electrons. The predicted molar refractivity (Wildman–Crippen MR) is 65.2 cm³/mol. The van der Waals surface area contributed by atoms with Crippen LogP contribution in [0.1, 0.15) is 25.7 Å². The lowest BCUT2D eigenvalue weighted by atomic mass is 9.99. The molecule has 1 N–H and O–H groups in total. The summed E-state index contributed by atoms with van der Waals surface area (Å²) in [6.07, 6.45) is -3.02. The molecule has 2 heterocycles. The van der Waals surface area contributed by atoms with Gasteiger partial charge in [0.2, 0.25) is 10.0 Å². The Morgan fingerprint density at radius 2 is 1.74 bits per heavy atom. The summed E-state index contributed by atoms with van der Waals surface area (Å²) in [6, 6.07) is 0. The highest BCUT2D eigenvalue weighted by Gasteiger charge is 2.45. The SMILES string of the molecule is O=S(=O)(C1CCNCC1)N1CCCC(C(F)(F)F)C1. The van der Waals surface area contributed by atoms with Gasteiger partial charge in [-0.3, -0.25) is 0 Å². The van der Waals surface area contributed by atoms with E-state index in [1.54, 1.807) is 0 Å². The Morgan fingerprint density at radius 1 is 1.11 bits per heavy atom. The van der Waals surface area contributed by atoms with Gasteiger partial charge >= 0.3 is 6.18 Å². The summed E-state index contributed by atoms with van der Waals surface area (Å²) in [5, 5.41) is 2.53. The van der Waals surface area contributed by atoms with Crippen molar-refractivity contribution < 1.29 is 21.6 Å². The first-order chi connectivity index (χ1) is 8.82. The van der Waals surface area contributed by atoms with Gasteiger partial charge in [-0.25, -0.2) is 12.7 Å². The second-order valence-electron chi connectivity index (χ2n) is 5.23. The molecule has 2 fully saturated rings. The van der Waals surface area contributed by atoms with Crippen LogP contribution in [0.4, 0.5) is 13.2 Å². The molecule has 8 heteroatoms. The number of hydrogen-bond donors (Lipinski definition) is 1. The van der Waals surface area contributed by atoms with E-state index < -0.39 is 33.9 Å². The molecule has 112 valence electrons. The van der Waals surface area contributed by atoms with E-state index in [4.69, 9.17) is 0 Å². The van der Waals surface area contributed by atoms with Crippen molar-refractivity contribution >= 4 is 10.0 Å². The molecule has 0 spiro atoms. The lowest BCUT2D eigenvalue weighted by molar-refractivity contribution is -0.182. The van der Waals surface area contributed by atoms with E-state index in [9.17, 15) is 21.6 Å². The van der Waals surface area contributed by atoms with Crippen LogP contribution in [-0.4, -0.2) is 50.3 Å². The first-order valence-electron chi connectivity index (χ1n) is 6.58. The molecule has 1 unspecified atom stereocenters. The lowest BCUT2D eigenvalue weighted by Gasteiger charge is -2.36.